The number of fused-ring (bicyclic) bond motifs is 1. The van der Waals surface area contributed by atoms with Crippen LogP contribution in [0.4, 0.5) is 4.39 Å². The molecular formula is C31H30FN3O2. The summed E-state index contributed by atoms with van der Waals surface area (Å²) >= 11 is 0. The van der Waals surface area contributed by atoms with Crippen LogP contribution >= 0.6 is 0 Å². The maximum absolute atomic E-state index is 13.2. The molecule has 188 valence electrons. The van der Waals surface area contributed by atoms with Crippen LogP contribution in [0.2, 0.25) is 0 Å². The highest BCUT2D eigenvalue weighted by molar-refractivity contribution is 5.94. The van der Waals surface area contributed by atoms with Gasteiger partial charge in [0.2, 0.25) is 5.89 Å². The Labute approximate surface area is 216 Å². The number of halogens is 1. The summed E-state index contributed by atoms with van der Waals surface area (Å²) in [7, 11) is 0. The molecule has 1 saturated carbocycles. The third kappa shape index (κ3) is 5.41. The zero-order chi connectivity index (χ0) is 25.9. The average Bonchev–Trinajstić information content (AvgIpc) is 3.36. The molecule has 1 heterocycles. The molecule has 3 aromatic carbocycles. The molecule has 0 saturated heterocycles. The van der Waals surface area contributed by atoms with Gasteiger partial charge in [-0.1, -0.05) is 26.0 Å². The molecule has 0 bridgehead atoms. The molecule has 0 aliphatic heterocycles. The van der Waals surface area contributed by atoms with Crippen molar-refractivity contribution in [3.63, 3.8) is 0 Å². The number of amides is 1. The maximum Gasteiger partial charge on any atom is 0.251 e. The Hall–Kier alpha value is -3.98. The van der Waals surface area contributed by atoms with Crippen LogP contribution in [0.1, 0.15) is 78.4 Å². The largest absolute Gasteiger partial charge is 0.436 e. The molecule has 0 atom stereocenters. The van der Waals surface area contributed by atoms with Crippen molar-refractivity contribution in [3.05, 3.63) is 88.7 Å². The van der Waals surface area contributed by atoms with Gasteiger partial charge in [-0.15, -0.1) is 0 Å². The van der Waals surface area contributed by atoms with Crippen LogP contribution in [0.15, 0.2) is 65.1 Å². The average molecular weight is 496 g/mol. The van der Waals surface area contributed by atoms with Crippen molar-refractivity contribution in [1.29, 1.82) is 5.26 Å². The molecule has 1 aliphatic rings. The summed E-state index contributed by atoms with van der Waals surface area (Å²) in [6, 6.07) is 19.9. The number of aromatic nitrogens is 1. The van der Waals surface area contributed by atoms with E-state index in [2.05, 4.69) is 30.2 Å². The maximum atomic E-state index is 13.2. The number of nitriles is 1. The molecule has 5 nitrogen and oxygen atoms in total. The molecular weight excluding hydrogens is 465 g/mol. The minimum atomic E-state index is -0.198. The molecule has 0 spiro atoms. The van der Waals surface area contributed by atoms with E-state index in [0.29, 0.717) is 46.5 Å². The zero-order valence-electron chi connectivity index (χ0n) is 21.1. The third-order valence-corrected chi connectivity index (χ3v) is 7.40. The first kappa shape index (κ1) is 24.7. The van der Waals surface area contributed by atoms with Crippen LogP contribution in [0.3, 0.4) is 0 Å². The Morgan fingerprint density at radius 1 is 1.08 bits per heavy atom. The fraction of sp³-hybridized carbons (Fsp3) is 0.323. The Morgan fingerprint density at radius 3 is 2.43 bits per heavy atom. The van der Waals surface area contributed by atoms with E-state index >= 15 is 0 Å². The Kier molecular flexibility index (Phi) is 7.05. The molecule has 0 unspecified atom stereocenters. The minimum Gasteiger partial charge on any atom is -0.436 e. The van der Waals surface area contributed by atoms with Crippen LogP contribution in [0.5, 0.6) is 0 Å². The molecule has 1 N–H and O–H groups in total. The highest BCUT2D eigenvalue weighted by Gasteiger charge is 2.23. The van der Waals surface area contributed by atoms with E-state index in [4.69, 9.17) is 4.42 Å². The molecule has 1 aromatic heterocycles. The monoisotopic (exact) mass is 495 g/mol. The van der Waals surface area contributed by atoms with Gasteiger partial charge in [0.25, 0.3) is 5.91 Å². The number of carbonyl (C=O) groups is 1. The first-order valence-electron chi connectivity index (χ1n) is 12.9. The van der Waals surface area contributed by atoms with Crippen molar-refractivity contribution in [2.75, 3.05) is 6.54 Å². The third-order valence-electron chi connectivity index (χ3n) is 7.40. The van der Waals surface area contributed by atoms with Gasteiger partial charge in [0.05, 0.1) is 11.6 Å². The Balaban J connectivity index is 1.19. The van der Waals surface area contributed by atoms with Gasteiger partial charge in [-0.25, -0.2) is 9.37 Å². The summed E-state index contributed by atoms with van der Waals surface area (Å²) in [6.45, 7) is 4.77. The van der Waals surface area contributed by atoms with Crippen molar-refractivity contribution in [2.45, 2.75) is 51.4 Å². The Morgan fingerprint density at radius 2 is 1.78 bits per heavy atom. The number of hydrogen-bond acceptors (Lipinski definition) is 4. The van der Waals surface area contributed by atoms with Gasteiger partial charge in [-0.05, 0) is 97.5 Å². The summed E-state index contributed by atoms with van der Waals surface area (Å²) in [5, 5.41) is 12.4. The molecule has 1 fully saturated rings. The van der Waals surface area contributed by atoms with Gasteiger partial charge in [0, 0.05) is 23.2 Å². The summed E-state index contributed by atoms with van der Waals surface area (Å²) in [5.41, 5.74) is 5.44. The van der Waals surface area contributed by atoms with E-state index < -0.39 is 0 Å². The zero-order valence-corrected chi connectivity index (χ0v) is 21.1. The quantitative estimate of drug-likeness (QED) is 0.304. The molecule has 37 heavy (non-hydrogen) atoms. The lowest BCUT2D eigenvalue weighted by atomic mass is 9.78. The predicted octanol–water partition coefficient (Wildman–Crippen LogP) is 7.33. The summed E-state index contributed by atoms with van der Waals surface area (Å²) in [4.78, 5) is 17.4. The van der Waals surface area contributed by atoms with Crippen LogP contribution in [0.25, 0.3) is 22.6 Å². The van der Waals surface area contributed by atoms with Gasteiger partial charge < -0.3 is 9.73 Å². The first-order valence-corrected chi connectivity index (χ1v) is 12.9. The SMILES string of the molecule is CC(C)c1cc(C#N)cc2nc(-c3ccc(C(=O)NC[C@H]4CC[C@@H](c5ccc(F)cc5)CC4)cc3)oc12. The second-order valence-electron chi connectivity index (χ2n) is 10.3. The standard InChI is InChI=1S/C31H30FN3O2/c1-19(2)27-15-21(17-33)16-28-29(27)37-31(35-28)25-9-7-24(8-10-25)30(36)34-18-20-3-5-22(6-4-20)23-11-13-26(32)14-12-23/h7-16,19-20,22H,3-6,18H2,1-2H3,(H,34,36)/t20-,22+. The van der Waals surface area contributed by atoms with Gasteiger partial charge in [-0.3, -0.25) is 4.79 Å². The highest BCUT2D eigenvalue weighted by atomic mass is 19.1. The van der Waals surface area contributed by atoms with Crippen molar-refractivity contribution < 1.29 is 13.6 Å². The van der Waals surface area contributed by atoms with Gasteiger partial charge >= 0.3 is 0 Å². The van der Waals surface area contributed by atoms with E-state index in [0.717, 1.165) is 36.8 Å². The fourth-order valence-corrected chi connectivity index (χ4v) is 5.21. The van der Waals surface area contributed by atoms with Crippen LogP contribution in [0, 0.1) is 23.1 Å². The fourth-order valence-electron chi connectivity index (χ4n) is 5.21. The second kappa shape index (κ2) is 10.6. The number of rotatable bonds is 6. The number of oxazole rings is 1. The predicted molar refractivity (Wildman–Crippen MR) is 142 cm³/mol. The van der Waals surface area contributed by atoms with Gasteiger partial charge in [0.15, 0.2) is 5.58 Å². The summed E-state index contributed by atoms with van der Waals surface area (Å²) < 4.78 is 19.3. The second-order valence-corrected chi connectivity index (χ2v) is 10.3. The van der Waals surface area contributed by atoms with Crippen molar-refractivity contribution >= 4 is 17.0 Å². The van der Waals surface area contributed by atoms with Gasteiger partial charge in [0.1, 0.15) is 11.3 Å². The molecule has 5 rings (SSSR count). The summed E-state index contributed by atoms with van der Waals surface area (Å²) in [5.74, 6) is 1.29. The topological polar surface area (TPSA) is 78.9 Å². The normalized spacial score (nSPS) is 17.6. The van der Waals surface area contributed by atoms with E-state index in [1.165, 1.54) is 17.7 Å². The molecule has 6 heteroatoms. The molecule has 1 amide bonds. The van der Waals surface area contributed by atoms with Crippen molar-refractivity contribution in [3.8, 4) is 17.5 Å². The number of nitrogens with one attached hydrogen (secondary N) is 1. The summed E-state index contributed by atoms with van der Waals surface area (Å²) in [6.07, 6.45) is 4.20. The van der Waals surface area contributed by atoms with Crippen molar-refractivity contribution in [1.82, 2.24) is 10.3 Å². The van der Waals surface area contributed by atoms with E-state index in [1.54, 1.807) is 18.2 Å². The van der Waals surface area contributed by atoms with E-state index in [-0.39, 0.29) is 17.6 Å². The number of hydrogen-bond donors (Lipinski definition) is 1. The lowest BCUT2D eigenvalue weighted by Gasteiger charge is -2.29. The van der Waals surface area contributed by atoms with Crippen LogP contribution in [-0.2, 0) is 0 Å². The highest BCUT2D eigenvalue weighted by Crippen LogP contribution is 2.36. The van der Waals surface area contributed by atoms with Crippen LogP contribution < -0.4 is 5.32 Å². The lowest BCUT2D eigenvalue weighted by molar-refractivity contribution is 0.0943. The van der Waals surface area contributed by atoms with E-state index in [1.807, 2.05) is 30.3 Å². The molecule has 1 aliphatic carbocycles. The lowest BCUT2D eigenvalue weighted by Crippen LogP contribution is -2.31. The number of carbonyl (C=O) groups excluding carboxylic acids is 1. The van der Waals surface area contributed by atoms with Crippen LogP contribution in [-0.4, -0.2) is 17.4 Å². The Bertz CT molecular complexity index is 1440. The minimum absolute atomic E-state index is 0.0921. The van der Waals surface area contributed by atoms with Crippen molar-refractivity contribution in [2.24, 2.45) is 5.92 Å². The molecule has 0 radical (unpaired) electrons. The number of benzene rings is 3. The molecule has 4 aromatic rings. The van der Waals surface area contributed by atoms with Gasteiger partial charge in [-0.2, -0.15) is 5.26 Å². The first-order chi connectivity index (χ1) is 17.9. The van der Waals surface area contributed by atoms with E-state index in [9.17, 15) is 14.4 Å². The smallest absolute Gasteiger partial charge is 0.251 e. The number of nitrogens with zero attached hydrogens (tertiary/aromatic N) is 2.